The van der Waals surface area contributed by atoms with E-state index in [0.717, 1.165) is 12.3 Å². The average Bonchev–Trinajstić information content (AvgIpc) is 3.42. The molecular formula is C23H18ClFN8O3. The number of benzene rings is 1. The first-order chi connectivity index (χ1) is 17.3. The normalized spacial score (nSPS) is 14.4. The van der Waals surface area contributed by atoms with E-state index in [1.54, 1.807) is 17.8 Å². The number of anilines is 2. The quantitative estimate of drug-likeness (QED) is 0.436. The molecule has 2 N–H and O–H groups in total. The molecule has 0 saturated heterocycles. The number of hydrogen-bond donors (Lipinski definition) is 2. The van der Waals surface area contributed by atoms with Crippen molar-refractivity contribution < 1.29 is 14.0 Å². The van der Waals surface area contributed by atoms with Gasteiger partial charge in [-0.2, -0.15) is 5.10 Å². The zero-order valence-electron chi connectivity index (χ0n) is 18.7. The van der Waals surface area contributed by atoms with Crippen LogP contribution in [0.25, 0.3) is 5.69 Å². The second kappa shape index (κ2) is 9.23. The molecule has 0 fully saturated rings. The number of aryl methyl sites for hydroxylation is 1. The van der Waals surface area contributed by atoms with Gasteiger partial charge in [0, 0.05) is 37.3 Å². The van der Waals surface area contributed by atoms with E-state index in [2.05, 4.69) is 25.7 Å². The molecule has 1 aliphatic heterocycles. The van der Waals surface area contributed by atoms with Crippen LogP contribution in [0.15, 0.2) is 66.1 Å². The number of carbonyl (C=O) groups excluding carboxylic acids is 2. The minimum atomic E-state index is -1.07. The van der Waals surface area contributed by atoms with Crippen molar-refractivity contribution in [2.24, 2.45) is 7.05 Å². The summed E-state index contributed by atoms with van der Waals surface area (Å²) in [6.45, 7) is 0.107. The molecule has 0 spiro atoms. The summed E-state index contributed by atoms with van der Waals surface area (Å²) in [7, 11) is 1.70. The highest BCUT2D eigenvalue weighted by Crippen LogP contribution is 2.35. The molecule has 5 rings (SSSR count). The summed E-state index contributed by atoms with van der Waals surface area (Å²) in [6, 6.07) is 5.42. The lowest BCUT2D eigenvalue weighted by Gasteiger charge is -2.24. The fraction of sp³-hybridized carbons (Fsp3) is 0.130. The van der Waals surface area contributed by atoms with Crippen molar-refractivity contribution in [3.63, 3.8) is 0 Å². The standard InChI is InChI=1S/C23H18ClFN8O3/c1-31-18-12-33(23(36)30-19-5-2-13(24)9-27-19)21(15(18)10-28-31)22(35)29-17-4-3-14(8-16(17)25)32-7-6-26-11-20(32)34/h2-11,21H,12H2,1H3,(H,29,35)(H,27,30,36)/t21-/m1/s1. The van der Waals surface area contributed by atoms with Crippen LogP contribution in [-0.4, -0.2) is 41.2 Å². The van der Waals surface area contributed by atoms with Gasteiger partial charge in [-0.25, -0.2) is 14.2 Å². The van der Waals surface area contributed by atoms with Crippen LogP contribution in [-0.2, 0) is 18.4 Å². The molecule has 1 aliphatic rings. The van der Waals surface area contributed by atoms with E-state index in [4.69, 9.17) is 11.6 Å². The zero-order valence-corrected chi connectivity index (χ0v) is 19.5. The topological polar surface area (TPSA) is 127 Å². The van der Waals surface area contributed by atoms with Crippen molar-refractivity contribution in [2.75, 3.05) is 10.6 Å². The molecule has 11 nitrogen and oxygen atoms in total. The Morgan fingerprint density at radius 1 is 1.14 bits per heavy atom. The molecule has 0 bridgehead atoms. The van der Waals surface area contributed by atoms with Crippen molar-refractivity contribution in [3.8, 4) is 5.69 Å². The SMILES string of the molecule is Cn1ncc2c1CN(C(=O)Nc1ccc(Cl)cn1)[C@H]2C(=O)Nc1ccc(-n2ccncc2=O)cc1F. The molecule has 3 aromatic heterocycles. The maximum Gasteiger partial charge on any atom is 0.324 e. The monoisotopic (exact) mass is 508 g/mol. The van der Waals surface area contributed by atoms with Crippen LogP contribution in [0.1, 0.15) is 17.3 Å². The highest BCUT2D eigenvalue weighted by molar-refractivity contribution is 6.30. The maximum atomic E-state index is 14.9. The molecule has 0 saturated carbocycles. The fourth-order valence-electron chi connectivity index (χ4n) is 3.94. The van der Waals surface area contributed by atoms with Gasteiger partial charge in [0.1, 0.15) is 17.7 Å². The number of carbonyl (C=O) groups is 2. The van der Waals surface area contributed by atoms with Crippen molar-refractivity contribution >= 4 is 35.0 Å². The maximum absolute atomic E-state index is 14.9. The summed E-state index contributed by atoms with van der Waals surface area (Å²) < 4.78 is 17.7. The third-order valence-electron chi connectivity index (χ3n) is 5.70. The molecule has 0 aliphatic carbocycles. The Balaban J connectivity index is 1.40. The third-order valence-corrected chi connectivity index (χ3v) is 5.93. The molecule has 182 valence electrons. The molecular weight excluding hydrogens is 491 g/mol. The Kier molecular flexibility index (Phi) is 5.94. The van der Waals surface area contributed by atoms with Crippen LogP contribution in [0.3, 0.4) is 0 Å². The summed E-state index contributed by atoms with van der Waals surface area (Å²) in [6.07, 6.45) is 6.81. The Labute approximate surface area is 208 Å². The number of halogens is 2. The van der Waals surface area contributed by atoms with Crippen molar-refractivity contribution in [1.82, 2.24) is 29.2 Å². The number of rotatable bonds is 4. The van der Waals surface area contributed by atoms with E-state index < -0.39 is 29.4 Å². The van der Waals surface area contributed by atoms with Crippen LogP contribution in [0, 0.1) is 5.82 Å². The third kappa shape index (κ3) is 4.29. The molecule has 36 heavy (non-hydrogen) atoms. The van der Waals surface area contributed by atoms with E-state index >= 15 is 0 Å². The number of nitrogens with one attached hydrogen (secondary N) is 2. The summed E-state index contributed by atoms with van der Waals surface area (Å²) in [5, 5.41) is 9.77. The smallest absolute Gasteiger partial charge is 0.321 e. The second-order valence-corrected chi connectivity index (χ2v) is 8.37. The predicted molar refractivity (Wildman–Crippen MR) is 128 cm³/mol. The van der Waals surface area contributed by atoms with Crippen molar-refractivity contribution in [1.29, 1.82) is 0 Å². The number of pyridine rings is 1. The van der Waals surface area contributed by atoms with Crippen LogP contribution in [0.4, 0.5) is 20.7 Å². The van der Waals surface area contributed by atoms with Gasteiger partial charge in [-0.1, -0.05) is 11.6 Å². The van der Waals surface area contributed by atoms with E-state index in [0.29, 0.717) is 16.3 Å². The van der Waals surface area contributed by atoms with Crippen LogP contribution < -0.4 is 16.2 Å². The Morgan fingerprint density at radius 3 is 2.69 bits per heavy atom. The first kappa shape index (κ1) is 23.2. The fourth-order valence-corrected chi connectivity index (χ4v) is 4.05. The van der Waals surface area contributed by atoms with Crippen LogP contribution in [0.5, 0.6) is 0 Å². The average molecular weight is 509 g/mol. The molecule has 0 radical (unpaired) electrons. The first-order valence-electron chi connectivity index (χ1n) is 10.6. The highest BCUT2D eigenvalue weighted by Gasteiger charge is 2.41. The lowest BCUT2D eigenvalue weighted by Crippen LogP contribution is -2.39. The minimum absolute atomic E-state index is 0.107. The van der Waals surface area contributed by atoms with E-state index in [1.807, 2.05) is 0 Å². The first-order valence-corrected chi connectivity index (χ1v) is 11.0. The summed E-state index contributed by atoms with van der Waals surface area (Å²) in [5.41, 5.74) is 0.921. The van der Waals surface area contributed by atoms with Gasteiger partial charge in [-0.3, -0.25) is 29.1 Å². The number of fused-ring (bicyclic) bond motifs is 1. The van der Waals surface area contributed by atoms with E-state index in [-0.39, 0.29) is 23.7 Å². The second-order valence-electron chi connectivity index (χ2n) is 7.93. The van der Waals surface area contributed by atoms with Crippen LogP contribution in [0.2, 0.25) is 5.02 Å². The van der Waals surface area contributed by atoms with Gasteiger partial charge in [-0.05, 0) is 24.3 Å². The number of aromatic nitrogens is 5. The molecule has 0 unspecified atom stereocenters. The molecule has 4 aromatic rings. The van der Waals surface area contributed by atoms with E-state index in [9.17, 15) is 18.8 Å². The number of hydrogen-bond acceptors (Lipinski definition) is 6. The van der Waals surface area contributed by atoms with Gasteiger partial charge < -0.3 is 10.2 Å². The molecule has 1 atom stereocenters. The lowest BCUT2D eigenvalue weighted by atomic mass is 10.1. The van der Waals surface area contributed by atoms with Crippen LogP contribution >= 0.6 is 11.6 Å². The number of nitrogens with zero attached hydrogens (tertiary/aromatic N) is 6. The summed E-state index contributed by atoms with van der Waals surface area (Å²) in [5.74, 6) is -1.13. The van der Waals surface area contributed by atoms with Gasteiger partial charge >= 0.3 is 6.03 Å². The molecule has 1 aromatic carbocycles. The van der Waals surface area contributed by atoms with Crippen molar-refractivity contribution in [3.05, 3.63) is 93.8 Å². The van der Waals surface area contributed by atoms with Gasteiger partial charge in [-0.15, -0.1) is 0 Å². The van der Waals surface area contributed by atoms with E-state index in [1.165, 1.54) is 52.5 Å². The van der Waals surface area contributed by atoms with Crippen molar-refractivity contribution in [2.45, 2.75) is 12.6 Å². The summed E-state index contributed by atoms with van der Waals surface area (Å²) in [4.78, 5) is 47.5. The minimum Gasteiger partial charge on any atom is -0.321 e. The predicted octanol–water partition coefficient (Wildman–Crippen LogP) is 2.88. The van der Waals surface area contributed by atoms with Gasteiger partial charge in [0.15, 0.2) is 0 Å². The highest BCUT2D eigenvalue weighted by atomic mass is 35.5. The lowest BCUT2D eigenvalue weighted by molar-refractivity contribution is -0.120. The Bertz CT molecular complexity index is 1540. The molecule has 13 heteroatoms. The zero-order chi connectivity index (χ0) is 25.4. The Morgan fingerprint density at radius 2 is 1.97 bits per heavy atom. The molecule has 4 heterocycles. The molecule has 3 amide bonds. The number of urea groups is 1. The van der Waals surface area contributed by atoms with Gasteiger partial charge in [0.05, 0.1) is 41.0 Å². The summed E-state index contributed by atoms with van der Waals surface area (Å²) >= 11 is 5.85. The van der Waals surface area contributed by atoms with Gasteiger partial charge in [0.25, 0.3) is 11.5 Å². The largest absolute Gasteiger partial charge is 0.324 e. The Hall–Kier alpha value is -4.58. The number of amides is 3. The van der Waals surface area contributed by atoms with Gasteiger partial charge in [0.2, 0.25) is 0 Å².